The number of rotatable bonds is 5. The number of nitrogens with zero attached hydrogens (tertiary/aromatic N) is 2. The number of aromatic nitrogens is 2. The standard InChI is InChI=1S/C12H20N2.CH3NO/c1-4-5-6-7-10(2)12-9-8-11(3)13-14-12;2-1-3/h8-10H,4-7H2,1-3H3;1H,(H2,2,3). The number of amides is 1. The maximum atomic E-state index is 8.58. The quantitative estimate of drug-likeness (QED) is 0.632. The molecule has 1 aromatic rings. The third-order valence-electron chi connectivity index (χ3n) is 2.56. The maximum absolute atomic E-state index is 8.58. The molecule has 4 heteroatoms. The van der Waals surface area contributed by atoms with Gasteiger partial charge in [0.05, 0.1) is 11.4 Å². The van der Waals surface area contributed by atoms with E-state index >= 15 is 0 Å². The normalized spacial score (nSPS) is 11.2. The highest BCUT2D eigenvalue weighted by Gasteiger charge is 2.06. The van der Waals surface area contributed by atoms with Crippen molar-refractivity contribution in [2.24, 2.45) is 5.73 Å². The molecule has 1 unspecified atom stereocenters. The summed E-state index contributed by atoms with van der Waals surface area (Å²) in [6.07, 6.45) is 5.38. The van der Waals surface area contributed by atoms with E-state index < -0.39 is 0 Å². The average molecular weight is 237 g/mol. The predicted octanol–water partition coefficient (Wildman–Crippen LogP) is 2.57. The molecule has 0 fully saturated rings. The second kappa shape index (κ2) is 9.75. The average Bonchev–Trinajstić information content (AvgIpc) is 2.31. The zero-order valence-corrected chi connectivity index (χ0v) is 11.0. The van der Waals surface area contributed by atoms with E-state index in [1.165, 1.54) is 25.7 Å². The molecule has 0 aliphatic heterocycles. The Kier molecular flexibility index (Phi) is 8.92. The third-order valence-corrected chi connectivity index (χ3v) is 2.56. The largest absolute Gasteiger partial charge is 0.372 e. The summed E-state index contributed by atoms with van der Waals surface area (Å²) in [6.45, 7) is 6.43. The Bertz CT molecular complexity index is 298. The van der Waals surface area contributed by atoms with Crippen LogP contribution >= 0.6 is 0 Å². The van der Waals surface area contributed by atoms with Crippen LogP contribution in [-0.4, -0.2) is 16.6 Å². The fourth-order valence-corrected chi connectivity index (χ4v) is 1.52. The Balaban J connectivity index is 0.000000770. The molecule has 0 aliphatic carbocycles. The number of carbonyl (C=O) groups is 1. The first-order chi connectivity index (χ1) is 8.15. The molecule has 1 rings (SSSR count). The van der Waals surface area contributed by atoms with Gasteiger partial charge in [0, 0.05) is 5.92 Å². The fraction of sp³-hybridized carbons (Fsp3) is 0.615. The number of aryl methyl sites for hydroxylation is 1. The molecule has 1 amide bonds. The van der Waals surface area contributed by atoms with Crippen LogP contribution in [0.3, 0.4) is 0 Å². The molecule has 1 heterocycles. The van der Waals surface area contributed by atoms with Gasteiger partial charge < -0.3 is 5.73 Å². The van der Waals surface area contributed by atoms with Gasteiger partial charge in [-0.2, -0.15) is 10.2 Å². The molecular weight excluding hydrogens is 214 g/mol. The molecule has 4 nitrogen and oxygen atoms in total. The third kappa shape index (κ3) is 7.44. The van der Waals surface area contributed by atoms with Crippen molar-refractivity contribution in [1.29, 1.82) is 0 Å². The topological polar surface area (TPSA) is 68.9 Å². The Morgan fingerprint density at radius 3 is 2.47 bits per heavy atom. The van der Waals surface area contributed by atoms with E-state index in [9.17, 15) is 0 Å². The number of unbranched alkanes of at least 4 members (excludes halogenated alkanes) is 2. The number of hydrogen-bond acceptors (Lipinski definition) is 3. The highest BCUT2D eigenvalue weighted by Crippen LogP contribution is 2.19. The van der Waals surface area contributed by atoms with E-state index in [1.54, 1.807) is 0 Å². The smallest absolute Gasteiger partial charge is 0.204 e. The number of nitrogens with two attached hydrogens (primary N) is 1. The molecule has 0 aliphatic rings. The molecule has 2 N–H and O–H groups in total. The predicted molar refractivity (Wildman–Crippen MR) is 69.6 cm³/mol. The van der Waals surface area contributed by atoms with E-state index in [2.05, 4.69) is 35.8 Å². The van der Waals surface area contributed by atoms with E-state index in [0.29, 0.717) is 5.92 Å². The van der Waals surface area contributed by atoms with Gasteiger partial charge >= 0.3 is 0 Å². The molecule has 0 saturated carbocycles. The lowest BCUT2D eigenvalue weighted by Crippen LogP contribution is -1.99. The van der Waals surface area contributed by atoms with E-state index in [1.807, 2.05) is 13.0 Å². The molecule has 0 saturated heterocycles. The van der Waals surface area contributed by atoms with Crippen molar-refractivity contribution in [2.75, 3.05) is 0 Å². The summed E-state index contributed by atoms with van der Waals surface area (Å²) in [7, 11) is 0. The first-order valence-electron chi connectivity index (χ1n) is 6.11. The molecule has 1 atom stereocenters. The van der Waals surface area contributed by atoms with Crippen LogP contribution in [0.2, 0.25) is 0 Å². The fourth-order valence-electron chi connectivity index (χ4n) is 1.52. The monoisotopic (exact) mass is 237 g/mol. The van der Waals surface area contributed by atoms with Crippen LogP contribution in [0.15, 0.2) is 12.1 Å². The van der Waals surface area contributed by atoms with Gasteiger partial charge in [0.15, 0.2) is 0 Å². The first kappa shape index (κ1) is 15.6. The molecule has 0 aromatic carbocycles. The lowest BCUT2D eigenvalue weighted by atomic mass is 10.00. The number of primary amides is 1. The zero-order chi connectivity index (χ0) is 13.1. The Morgan fingerprint density at radius 1 is 1.35 bits per heavy atom. The lowest BCUT2D eigenvalue weighted by molar-refractivity contribution is -0.106. The van der Waals surface area contributed by atoms with Gasteiger partial charge in [-0.3, -0.25) is 4.79 Å². The van der Waals surface area contributed by atoms with Crippen LogP contribution in [0.4, 0.5) is 0 Å². The van der Waals surface area contributed by atoms with Crippen LogP contribution in [0, 0.1) is 6.92 Å². The second-order valence-electron chi connectivity index (χ2n) is 4.13. The number of hydrogen-bond donors (Lipinski definition) is 1. The van der Waals surface area contributed by atoms with Crippen molar-refractivity contribution < 1.29 is 4.79 Å². The van der Waals surface area contributed by atoms with Crippen LogP contribution in [-0.2, 0) is 4.79 Å². The Labute approximate surface area is 104 Å². The van der Waals surface area contributed by atoms with Gasteiger partial charge in [0.1, 0.15) is 0 Å². The highest BCUT2D eigenvalue weighted by molar-refractivity contribution is 5.42. The summed E-state index contributed by atoms with van der Waals surface area (Å²) >= 11 is 0. The summed E-state index contributed by atoms with van der Waals surface area (Å²) in [5, 5.41) is 8.29. The second-order valence-corrected chi connectivity index (χ2v) is 4.13. The van der Waals surface area contributed by atoms with E-state index in [0.717, 1.165) is 11.4 Å². The first-order valence-corrected chi connectivity index (χ1v) is 6.11. The molecule has 0 spiro atoms. The van der Waals surface area contributed by atoms with Crippen molar-refractivity contribution in [3.05, 3.63) is 23.5 Å². The van der Waals surface area contributed by atoms with Crippen LogP contribution in [0.1, 0.15) is 56.8 Å². The summed E-state index contributed by atoms with van der Waals surface area (Å²) in [5.41, 5.74) is 6.29. The van der Waals surface area contributed by atoms with Gasteiger partial charge in [0.2, 0.25) is 6.41 Å². The Hall–Kier alpha value is -1.45. The molecule has 1 aromatic heterocycles. The summed E-state index contributed by atoms with van der Waals surface area (Å²) < 4.78 is 0. The van der Waals surface area contributed by atoms with Crippen molar-refractivity contribution in [1.82, 2.24) is 10.2 Å². The van der Waals surface area contributed by atoms with E-state index in [4.69, 9.17) is 4.79 Å². The molecule has 0 bridgehead atoms. The van der Waals surface area contributed by atoms with E-state index in [-0.39, 0.29) is 6.41 Å². The Morgan fingerprint density at radius 2 is 2.00 bits per heavy atom. The minimum absolute atomic E-state index is 0.250. The van der Waals surface area contributed by atoms with Crippen molar-refractivity contribution in [3.63, 3.8) is 0 Å². The van der Waals surface area contributed by atoms with Gasteiger partial charge in [0.25, 0.3) is 0 Å². The zero-order valence-electron chi connectivity index (χ0n) is 11.0. The van der Waals surface area contributed by atoms with Crippen LogP contribution in [0.5, 0.6) is 0 Å². The molecule has 0 radical (unpaired) electrons. The maximum Gasteiger partial charge on any atom is 0.204 e. The summed E-state index contributed by atoms with van der Waals surface area (Å²) in [5.74, 6) is 0.551. The van der Waals surface area contributed by atoms with Gasteiger partial charge in [-0.05, 0) is 25.5 Å². The number of carbonyl (C=O) groups excluding carboxylic acids is 1. The molecular formula is C13H23N3O. The van der Waals surface area contributed by atoms with Crippen molar-refractivity contribution in [3.8, 4) is 0 Å². The van der Waals surface area contributed by atoms with Crippen molar-refractivity contribution in [2.45, 2.75) is 52.4 Å². The molecule has 17 heavy (non-hydrogen) atoms. The van der Waals surface area contributed by atoms with Gasteiger partial charge in [-0.15, -0.1) is 0 Å². The van der Waals surface area contributed by atoms with Crippen LogP contribution in [0.25, 0.3) is 0 Å². The van der Waals surface area contributed by atoms with Crippen molar-refractivity contribution >= 4 is 6.41 Å². The minimum atomic E-state index is 0.250. The highest BCUT2D eigenvalue weighted by atomic mass is 16.1. The minimum Gasteiger partial charge on any atom is -0.372 e. The summed E-state index contributed by atoms with van der Waals surface area (Å²) in [4.78, 5) is 8.58. The van der Waals surface area contributed by atoms with Gasteiger partial charge in [-0.1, -0.05) is 33.1 Å². The van der Waals surface area contributed by atoms with Gasteiger partial charge in [-0.25, -0.2) is 0 Å². The summed E-state index contributed by atoms with van der Waals surface area (Å²) in [6, 6.07) is 4.14. The SMILES string of the molecule is CCCCCC(C)c1ccc(C)nn1.NC=O. The molecule has 96 valence electrons. The lowest BCUT2D eigenvalue weighted by Gasteiger charge is -2.09. The van der Waals surface area contributed by atoms with Crippen LogP contribution < -0.4 is 5.73 Å².